The first-order valence-electron chi connectivity index (χ1n) is 8.89. The number of carbonyl (C=O) groups is 1. The van der Waals surface area contributed by atoms with Crippen molar-refractivity contribution in [2.45, 2.75) is 46.1 Å². The number of hydrogen-bond donors (Lipinski definition) is 1. The second-order valence-corrected chi connectivity index (χ2v) is 5.64. The molecule has 0 radical (unpaired) electrons. The van der Waals surface area contributed by atoms with E-state index in [0.29, 0.717) is 13.2 Å². The fraction of sp³-hybridized carbons (Fsp3) is 0.632. The van der Waals surface area contributed by atoms with Crippen LogP contribution in [0.1, 0.15) is 51.6 Å². The molecule has 0 saturated heterocycles. The molecule has 1 atom stereocenters. The lowest BCUT2D eigenvalue weighted by molar-refractivity contribution is -0.126. The Kier molecular flexibility index (Phi) is 10.3. The molecule has 1 unspecified atom stereocenters. The molecular formula is C19H32N2O2. The zero-order valence-electron chi connectivity index (χ0n) is 14.9. The Hall–Kier alpha value is -1.39. The van der Waals surface area contributed by atoms with Crippen molar-refractivity contribution in [2.24, 2.45) is 0 Å². The fourth-order valence-corrected chi connectivity index (χ4v) is 2.58. The van der Waals surface area contributed by atoms with Crippen molar-refractivity contribution in [1.82, 2.24) is 10.2 Å². The minimum Gasteiger partial charge on any atom is -0.381 e. The summed E-state index contributed by atoms with van der Waals surface area (Å²) in [6, 6.07) is 9.79. The zero-order chi connectivity index (χ0) is 16.9. The van der Waals surface area contributed by atoms with Crippen LogP contribution in [0.15, 0.2) is 30.3 Å². The number of nitrogens with zero attached hydrogens (tertiary/aromatic N) is 1. The van der Waals surface area contributed by atoms with E-state index < -0.39 is 0 Å². The van der Waals surface area contributed by atoms with Crippen molar-refractivity contribution in [1.29, 1.82) is 0 Å². The Morgan fingerprint density at radius 3 is 2.35 bits per heavy atom. The molecule has 0 aromatic heterocycles. The third-order valence-electron chi connectivity index (χ3n) is 3.95. The van der Waals surface area contributed by atoms with Gasteiger partial charge in [0.25, 0.3) is 0 Å². The molecule has 1 rings (SSSR count). The molecule has 1 aromatic carbocycles. The number of rotatable bonds is 12. The Morgan fingerprint density at radius 1 is 1.09 bits per heavy atom. The van der Waals surface area contributed by atoms with E-state index in [1.54, 1.807) is 0 Å². The smallest absolute Gasteiger partial charge is 0.241 e. The first-order valence-corrected chi connectivity index (χ1v) is 8.89. The molecule has 0 aliphatic carbocycles. The minimum absolute atomic E-state index is 0.0773. The normalized spacial score (nSPS) is 12.3. The van der Waals surface area contributed by atoms with Crippen LogP contribution < -0.4 is 5.32 Å². The topological polar surface area (TPSA) is 41.6 Å². The van der Waals surface area contributed by atoms with Crippen LogP contribution in [0.5, 0.6) is 0 Å². The van der Waals surface area contributed by atoms with Crippen LogP contribution >= 0.6 is 0 Å². The molecule has 1 N–H and O–H groups in total. The number of benzene rings is 1. The number of ether oxygens (including phenoxy) is 1. The number of unbranched alkanes of at least 4 members (excludes halogenated alkanes) is 1. The van der Waals surface area contributed by atoms with E-state index in [0.717, 1.165) is 44.5 Å². The molecule has 130 valence electrons. The lowest BCUT2D eigenvalue weighted by Gasteiger charge is -2.29. The highest BCUT2D eigenvalue weighted by atomic mass is 16.5. The summed E-state index contributed by atoms with van der Waals surface area (Å²) in [5, 5.41) is 3.06. The maximum Gasteiger partial charge on any atom is 0.241 e. The summed E-state index contributed by atoms with van der Waals surface area (Å²) in [7, 11) is 0. The molecule has 1 amide bonds. The van der Waals surface area contributed by atoms with Gasteiger partial charge in [-0.25, -0.2) is 0 Å². The number of carbonyl (C=O) groups excluding carboxylic acids is 1. The number of amides is 1. The second kappa shape index (κ2) is 12.1. The third kappa shape index (κ3) is 7.14. The predicted octanol–water partition coefficient (Wildman–Crippen LogP) is 3.39. The highest BCUT2D eigenvalue weighted by Crippen LogP contribution is 2.20. The monoisotopic (exact) mass is 320 g/mol. The molecule has 0 aliphatic rings. The van der Waals surface area contributed by atoms with Gasteiger partial charge in [-0.2, -0.15) is 0 Å². The average Bonchev–Trinajstić information content (AvgIpc) is 2.59. The van der Waals surface area contributed by atoms with E-state index >= 15 is 0 Å². The summed E-state index contributed by atoms with van der Waals surface area (Å²) in [5.74, 6) is 0.0773. The van der Waals surface area contributed by atoms with Crippen molar-refractivity contribution in [3.63, 3.8) is 0 Å². The van der Waals surface area contributed by atoms with Crippen LogP contribution in [0.2, 0.25) is 0 Å². The molecule has 0 heterocycles. The molecule has 1 aromatic rings. The van der Waals surface area contributed by atoms with Gasteiger partial charge in [0.15, 0.2) is 0 Å². The van der Waals surface area contributed by atoms with Crippen LogP contribution in [0.3, 0.4) is 0 Å². The molecular weight excluding hydrogens is 288 g/mol. The zero-order valence-corrected chi connectivity index (χ0v) is 14.9. The molecule has 4 heteroatoms. The number of hydrogen-bond acceptors (Lipinski definition) is 3. The molecule has 0 fully saturated rings. The summed E-state index contributed by atoms with van der Waals surface area (Å²) in [6.07, 6.45) is 3.11. The standard InChI is InChI=1S/C19H32N2O2/c1-4-7-15-23-16-11-14-20-19(22)18(21(5-2)6-3)17-12-9-8-10-13-17/h8-10,12-13,18H,4-7,11,14-16H2,1-3H3,(H,20,22). The SMILES string of the molecule is CCCCOCCCNC(=O)C(c1ccccc1)N(CC)CC. The van der Waals surface area contributed by atoms with Crippen LogP contribution in [0.4, 0.5) is 0 Å². The van der Waals surface area contributed by atoms with E-state index in [4.69, 9.17) is 4.74 Å². The Bertz CT molecular complexity index is 419. The molecule has 4 nitrogen and oxygen atoms in total. The lowest BCUT2D eigenvalue weighted by Crippen LogP contribution is -2.41. The van der Waals surface area contributed by atoms with E-state index in [-0.39, 0.29) is 11.9 Å². The quantitative estimate of drug-likeness (QED) is 0.600. The van der Waals surface area contributed by atoms with Gasteiger partial charge >= 0.3 is 0 Å². The first kappa shape index (κ1) is 19.7. The van der Waals surface area contributed by atoms with Gasteiger partial charge in [0.05, 0.1) is 0 Å². The van der Waals surface area contributed by atoms with Gasteiger partial charge in [-0.3, -0.25) is 9.69 Å². The van der Waals surface area contributed by atoms with Crippen molar-refractivity contribution < 1.29 is 9.53 Å². The highest BCUT2D eigenvalue weighted by Gasteiger charge is 2.25. The van der Waals surface area contributed by atoms with Crippen LogP contribution in [-0.2, 0) is 9.53 Å². The predicted molar refractivity (Wildman–Crippen MR) is 95.5 cm³/mol. The summed E-state index contributed by atoms with van der Waals surface area (Å²) < 4.78 is 5.53. The summed E-state index contributed by atoms with van der Waals surface area (Å²) in [5.41, 5.74) is 1.05. The largest absolute Gasteiger partial charge is 0.381 e. The molecule has 0 spiro atoms. The van der Waals surface area contributed by atoms with Gasteiger partial charge in [-0.05, 0) is 31.5 Å². The molecule has 0 saturated carbocycles. The average molecular weight is 320 g/mol. The van der Waals surface area contributed by atoms with E-state index in [9.17, 15) is 4.79 Å². The molecule has 23 heavy (non-hydrogen) atoms. The summed E-state index contributed by atoms with van der Waals surface area (Å²) >= 11 is 0. The first-order chi connectivity index (χ1) is 11.2. The van der Waals surface area contributed by atoms with Crippen molar-refractivity contribution in [2.75, 3.05) is 32.8 Å². The van der Waals surface area contributed by atoms with E-state index in [2.05, 4.69) is 31.0 Å². The summed E-state index contributed by atoms with van der Waals surface area (Å²) in [4.78, 5) is 14.8. The van der Waals surface area contributed by atoms with Crippen molar-refractivity contribution in [3.05, 3.63) is 35.9 Å². The second-order valence-electron chi connectivity index (χ2n) is 5.64. The van der Waals surface area contributed by atoms with Crippen LogP contribution in [0, 0.1) is 0 Å². The fourth-order valence-electron chi connectivity index (χ4n) is 2.58. The van der Waals surface area contributed by atoms with E-state index in [1.807, 2.05) is 30.3 Å². The maximum atomic E-state index is 12.6. The number of likely N-dealkylation sites (N-methyl/N-ethyl adjacent to an activating group) is 1. The summed E-state index contributed by atoms with van der Waals surface area (Å²) in [6.45, 7) is 10.2. The van der Waals surface area contributed by atoms with Gasteiger partial charge in [-0.15, -0.1) is 0 Å². The molecule has 0 aliphatic heterocycles. The maximum absolute atomic E-state index is 12.6. The Labute approximate surface area is 141 Å². The van der Waals surface area contributed by atoms with Gasteiger partial charge in [0.1, 0.15) is 6.04 Å². The Balaban J connectivity index is 2.50. The Morgan fingerprint density at radius 2 is 1.74 bits per heavy atom. The van der Waals surface area contributed by atoms with Crippen molar-refractivity contribution >= 4 is 5.91 Å². The highest BCUT2D eigenvalue weighted by molar-refractivity contribution is 5.83. The van der Waals surface area contributed by atoms with Crippen LogP contribution in [0.25, 0.3) is 0 Å². The van der Waals surface area contributed by atoms with Gasteiger partial charge in [0, 0.05) is 19.8 Å². The number of nitrogens with one attached hydrogen (secondary N) is 1. The minimum atomic E-state index is -0.216. The van der Waals surface area contributed by atoms with Gasteiger partial charge < -0.3 is 10.1 Å². The van der Waals surface area contributed by atoms with E-state index in [1.165, 1.54) is 0 Å². The van der Waals surface area contributed by atoms with Crippen LogP contribution in [-0.4, -0.2) is 43.7 Å². The third-order valence-corrected chi connectivity index (χ3v) is 3.95. The van der Waals surface area contributed by atoms with Gasteiger partial charge in [0.2, 0.25) is 5.91 Å². The molecule has 0 bridgehead atoms. The van der Waals surface area contributed by atoms with Gasteiger partial charge in [-0.1, -0.05) is 57.5 Å². The lowest BCUT2D eigenvalue weighted by atomic mass is 10.0. The van der Waals surface area contributed by atoms with Crippen molar-refractivity contribution in [3.8, 4) is 0 Å².